The van der Waals surface area contributed by atoms with Crippen LogP contribution in [0.15, 0.2) is 48.5 Å². The van der Waals surface area contributed by atoms with E-state index in [9.17, 15) is 4.39 Å². The zero-order chi connectivity index (χ0) is 12.1. The van der Waals surface area contributed by atoms with Crippen LogP contribution < -0.4 is 10.1 Å². The summed E-state index contributed by atoms with van der Waals surface area (Å²) >= 11 is 0. The van der Waals surface area contributed by atoms with Gasteiger partial charge in [0.05, 0.1) is 11.6 Å². The highest BCUT2D eigenvalue weighted by Crippen LogP contribution is 2.14. The summed E-state index contributed by atoms with van der Waals surface area (Å²) in [6.07, 6.45) is 0. The molecular weight excluding hydrogens is 216 g/mol. The standard InChI is InChI=1S/C13H8BFNO/c15-12-6-1-2-7-13(12)17-14-11-5-3-4-10(8-11)9-16/h1-8H. The van der Waals surface area contributed by atoms with E-state index in [1.807, 2.05) is 6.07 Å². The summed E-state index contributed by atoms with van der Waals surface area (Å²) in [5.74, 6) is -0.255. The zero-order valence-electron chi connectivity index (χ0n) is 8.93. The fraction of sp³-hybridized carbons (Fsp3) is 0. The molecule has 0 bridgehead atoms. The molecule has 17 heavy (non-hydrogen) atoms. The minimum absolute atomic E-state index is 0.162. The second-order valence-electron chi connectivity index (χ2n) is 3.40. The molecule has 0 aliphatic heterocycles. The molecule has 0 unspecified atom stereocenters. The van der Waals surface area contributed by atoms with E-state index < -0.39 is 5.82 Å². The summed E-state index contributed by atoms with van der Waals surface area (Å²) in [6.45, 7) is 0. The van der Waals surface area contributed by atoms with Gasteiger partial charge < -0.3 is 4.65 Å². The Morgan fingerprint density at radius 2 is 1.94 bits per heavy atom. The molecule has 0 heterocycles. The molecule has 1 radical (unpaired) electrons. The molecule has 0 aliphatic carbocycles. The van der Waals surface area contributed by atoms with Crippen LogP contribution in [0.5, 0.6) is 5.75 Å². The normalized spacial score (nSPS) is 9.41. The molecule has 2 aromatic carbocycles. The molecule has 0 fully saturated rings. The molecule has 81 valence electrons. The van der Waals surface area contributed by atoms with Gasteiger partial charge >= 0.3 is 7.48 Å². The Morgan fingerprint density at radius 1 is 1.12 bits per heavy atom. The van der Waals surface area contributed by atoms with Crippen molar-refractivity contribution < 1.29 is 9.04 Å². The number of rotatable bonds is 3. The van der Waals surface area contributed by atoms with E-state index in [-0.39, 0.29) is 5.75 Å². The van der Waals surface area contributed by atoms with Crippen molar-refractivity contribution >= 4 is 12.9 Å². The van der Waals surface area contributed by atoms with Gasteiger partial charge in [0.1, 0.15) is 5.75 Å². The Kier molecular flexibility index (Phi) is 3.41. The van der Waals surface area contributed by atoms with Crippen LogP contribution in [0.4, 0.5) is 4.39 Å². The molecule has 2 aromatic rings. The maximum Gasteiger partial charge on any atom is 0.408 e. The second-order valence-corrected chi connectivity index (χ2v) is 3.40. The summed E-state index contributed by atoms with van der Waals surface area (Å²) in [4.78, 5) is 0. The third-order valence-corrected chi connectivity index (χ3v) is 2.17. The van der Waals surface area contributed by atoms with Gasteiger partial charge in [0.25, 0.3) is 0 Å². The highest BCUT2D eigenvalue weighted by atomic mass is 19.1. The second kappa shape index (κ2) is 5.17. The van der Waals surface area contributed by atoms with Crippen LogP contribution in [0.2, 0.25) is 0 Å². The molecular formula is C13H8BFNO. The summed E-state index contributed by atoms with van der Waals surface area (Å²) in [7, 11) is 1.42. The van der Waals surface area contributed by atoms with Gasteiger partial charge in [-0.05, 0) is 29.7 Å². The fourth-order valence-electron chi connectivity index (χ4n) is 1.35. The quantitative estimate of drug-likeness (QED) is 0.747. The Bertz CT molecular complexity index is 565. The zero-order valence-corrected chi connectivity index (χ0v) is 8.93. The highest BCUT2D eigenvalue weighted by Gasteiger charge is 2.04. The number of halogens is 1. The smallest absolute Gasteiger partial charge is 0.408 e. The van der Waals surface area contributed by atoms with Crippen LogP contribution in [0.25, 0.3) is 0 Å². The number of hydrogen-bond donors (Lipinski definition) is 0. The molecule has 0 saturated carbocycles. The average molecular weight is 224 g/mol. The molecule has 2 nitrogen and oxygen atoms in total. The highest BCUT2D eigenvalue weighted by molar-refractivity contribution is 6.47. The lowest BCUT2D eigenvalue weighted by Gasteiger charge is -2.05. The minimum Gasteiger partial charge on any atom is -0.556 e. The fourth-order valence-corrected chi connectivity index (χ4v) is 1.35. The van der Waals surface area contributed by atoms with Crippen molar-refractivity contribution in [3.05, 3.63) is 59.9 Å². The summed E-state index contributed by atoms with van der Waals surface area (Å²) in [5.41, 5.74) is 1.25. The van der Waals surface area contributed by atoms with Crippen molar-refractivity contribution in [1.82, 2.24) is 0 Å². The van der Waals surface area contributed by atoms with Crippen LogP contribution >= 0.6 is 0 Å². The third-order valence-electron chi connectivity index (χ3n) is 2.17. The van der Waals surface area contributed by atoms with Crippen LogP contribution in [-0.2, 0) is 0 Å². The molecule has 0 aliphatic rings. The van der Waals surface area contributed by atoms with Crippen molar-refractivity contribution in [2.45, 2.75) is 0 Å². The summed E-state index contributed by atoms with van der Waals surface area (Å²) < 4.78 is 18.5. The van der Waals surface area contributed by atoms with Crippen LogP contribution in [0.3, 0.4) is 0 Å². The predicted octanol–water partition coefficient (Wildman–Crippen LogP) is 2.02. The van der Waals surface area contributed by atoms with E-state index in [0.717, 1.165) is 0 Å². The van der Waals surface area contributed by atoms with E-state index in [0.29, 0.717) is 11.0 Å². The number of nitrogens with zero attached hydrogens (tertiary/aromatic N) is 1. The SMILES string of the molecule is N#Cc1cccc([B]Oc2ccccc2F)c1. The summed E-state index contributed by atoms with van der Waals surface area (Å²) in [6, 6.07) is 15.1. The maximum absolute atomic E-state index is 13.2. The maximum atomic E-state index is 13.2. The van der Waals surface area contributed by atoms with Gasteiger partial charge in [-0.25, -0.2) is 4.39 Å². The third kappa shape index (κ3) is 2.85. The molecule has 0 atom stereocenters. The van der Waals surface area contributed by atoms with Crippen molar-refractivity contribution in [2.75, 3.05) is 0 Å². The van der Waals surface area contributed by atoms with Crippen molar-refractivity contribution in [3.8, 4) is 11.8 Å². The molecule has 4 heteroatoms. The first-order valence-electron chi connectivity index (χ1n) is 5.04. The van der Waals surface area contributed by atoms with Crippen molar-refractivity contribution in [1.29, 1.82) is 5.26 Å². The van der Waals surface area contributed by atoms with Gasteiger partial charge in [-0.15, -0.1) is 0 Å². The molecule has 0 spiro atoms. The van der Waals surface area contributed by atoms with E-state index in [1.54, 1.807) is 42.5 Å². The Hall–Kier alpha value is -2.28. The molecule has 0 aromatic heterocycles. The lowest BCUT2D eigenvalue weighted by atomic mass is 9.87. The molecule has 0 saturated heterocycles. The van der Waals surface area contributed by atoms with E-state index in [4.69, 9.17) is 9.92 Å². The number of benzene rings is 2. The lowest BCUT2D eigenvalue weighted by Crippen LogP contribution is -2.20. The first kappa shape index (κ1) is 11.2. The number of para-hydroxylation sites is 1. The van der Waals surface area contributed by atoms with Crippen LogP contribution in [0, 0.1) is 17.1 Å². The summed E-state index contributed by atoms with van der Waals surface area (Å²) in [5, 5.41) is 8.73. The van der Waals surface area contributed by atoms with Gasteiger partial charge in [-0.1, -0.05) is 24.3 Å². The molecule has 0 N–H and O–H groups in total. The predicted molar refractivity (Wildman–Crippen MR) is 63.6 cm³/mol. The Labute approximate surface area is 99.5 Å². The Morgan fingerprint density at radius 3 is 2.71 bits per heavy atom. The molecule has 0 amide bonds. The first-order chi connectivity index (χ1) is 8.29. The van der Waals surface area contributed by atoms with Crippen molar-refractivity contribution in [3.63, 3.8) is 0 Å². The lowest BCUT2D eigenvalue weighted by molar-refractivity contribution is 0.522. The monoisotopic (exact) mass is 224 g/mol. The van der Waals surface area contributed by atoms with Crippen LogP contribution in [0.1, 0.15) is 5.56 Å². The van der Waals surface area contributed by atoms with Gasteiger partial charge in [-0.2, -0.15) is 5.26 Å². The van der Waals surface area contributed by atoms with Crippen LogP contribution in [-0.4, -0.2) is 7.48 Å². The average Bonchev–Trinajstić information content (AvgIpc) is 2.38. The van der Waals surface area contributed by atoms with Crippen molar-refractivity contribution in [2.24, 2.45) is 0 Å². The van der Waals surface area contributed by atoms with Gasteiger partial charge in [0.15, 0.2) is 5.82 Å². The Balaban J connectivity index is 2.08. The number of hydrogen-bond acceptors (Lipinski definition) is 2. The largest absolute Gasteiger partial charge is 0.556 e. The van der Waals surface area contributed by atoms with E-state index >= 15 is 0 Å². The van der Waals surface area contributed by atoms with Gasteiger partial charge in [0, 0.05) is 0 Å². The topological polar surface area (TPSA) is 33.0 Å². The van der Waals surface area contributed by atoms with Gasteiger partial charge in [-0.3, -0.25) is 0 Å². The first-order valence-corrected chi connectivity index (χ1v) is 5.04. The number of nitriles is 1. The van der Waals surface area contributed by atoms with Gasteiger partial charge in [0.2, 0.25) is 0 Å². The minimum atomic E-state index is -0.416. The molecule has 2 rings (SSSR count). The van der Waals surface area contributed by atoms with E-state index in [1.165, 1.54) is 13.5 Å². The van der Waals surface area contributed by atoms with E-state index in [2.05, 4.69) is 0 Å².